The maximum Gasteiger partial charge on any atom is 0.159 e. The fourth-order valence-electron chi connectivity index (χ4n) is 6.28. The largest absolute Gasteiger partial charge is 0.454 e. The number of hydrogen-bond donors (Lipinski definition) is 0. The molecule has 0 aliphatic heterocycles. The van der Waals surface area contributed by atoms with E-state index < -0.39 is 0 Å². The van der Waals surface area contributed by atoms with Crippen molar-refractivity contribution >= 4 is 60.8 Å². The molecule has 0 aliphatic rings. The molecule has 0 saturated heterocycles. The standard InChI is InChI=1S/C37H24N6O/c1-3-14-32-28(11-1)29-19-18-27(22-34(29)43(32)36-17-5-6-20-39-36)42(26-10-7-9-25(21-26)41-24-38-23-40-41)33-15-8-13-31-30-12-2-4-16-35(30)44-37(31)33/h1-24H. The number of furan rings is 1. The lowest BCUT2D eigenvalue weighted by Gasteiger charge is -2.26. The molecule has 5 aromatic carbocycles. The first-order valence-corrected chi connectivity index (χ1v) is 14.4. The van der Waals surface area contributed by atoms with Crippen molar-refractivity contribution in [3.05, 3.63) is 146 Å². The number of benzene rings is 5. The van der Waals surface area contributed by atoms with Gasteiger partial charge in [-0.25, -0.2) is 14.6 Å². The maximum absolute atomic E-state index is 6.55. The zero-order chi connectivity index (χ0) is 29.0. The van der Waals surface area contributed by atoms with Crippen molar-refractivity contribution in [2.45, 2.75) is 0 Å². The quantitative estimate of drug-likeness (QED) is 0.207. The topological polar surface area (TPSA) is 64.9 Å². The van der Waals surface area contributed by atoms with Crippen LogP contribution in [0, 0.1) is 0 Å². The Bertz CT molecular complexity index is 2460. The van der Waals surface area contributed by atoms with Gasteiger partial charge in [0.25, 0.3) is 0 Å². The Kier molecular flexibility index (Phi) is 5.36. The normalized spacial score (nSPS) is 11.6. The van der Waals surface area contributed by atoms with E-state index in [1.54, 1.807) is 17.3 Å². The number of hydrogen-bond acceptors (Lipinski definition) is 5. The molecule has 7 heteroatoms. The van der Waals surface area contributed by atoms with E-state index in [2.05, 4.69) is 98.4 Å². The number of para-hydroxylation sites is 3. The van der Waals surface area contributed by atoms with Gasteiger partial charge in [-0.1, -0.05) is 66.7 Å². The molecule has 0 amide bonds. The molecule has 0 saturated carbocycles. The first kappa shape index (κ1) is 24.4. The molecular formula is C37H24N6O. The molecule has 0 atom stereocenters. The van der Waals surface area contributed by atoms with Crippen LogP contribution in [0.4, 0.5) is 17.1 Å². The van der Waals surface area contributed by atoms with E-state index in [1.165, 1.54) is 5.39 Å². The Hall–Kier alpha value is -6.21. The molecule has 4 aromatic heterocycles. The summed E-state index contributed by atoms with van der Waals surface area (Å²) in [5.74, 6) is 0.870. The molecule has 0 spiro atoms. The molecule has 0 bridgehead atoms. The van der Waals surface area contributed by atoms with E-state index in [1.807, 2.05) is 54.7 Å². The third-order valence-corrected chi connectivity index (χ3v) is 8.19. The second-order valence-electron chi connectivity index (χ2n) is 10.7. The summed E-state index contributed by atoms with van der Waals surface area (Å²) in [5, 5.41) is 8.88. The van der Waals surface area contributed by atoms with E-state index in [4.69, 9.17) is 9.40 Å². The highest BCUT2D eigenvalue weighted by molar-refractivity contribution is 6.12. The number of fused-ring (bicyclic) bond motifs is 6. The molecule has 9 aromatic rings. The van der Waals surface area contributed by atoms with Crippen molar-refractivity contribution in [2.75, 3.05) is 4.90 Å². The lowest BCUT2D eigenvalue weighted by atomic mass is 10.1. The average molecular weight is 569 g/mol. The SMILES string of the molecule is c1ccc(-n2c3ccccc3c3ccc(N(c4cccc(-n5cncn5)c4)c4cccc5c4oc4ccccc45)cc32)nc1. The summed E-state index contributed by atoms with van der Waals surface area (Å²) < 4.78 is 10.6. The number of aromatic nitrogens is 5. The molecule has 0 radical (unpaired) electrons. The summed E-state index contributed by atoms with van der Waals surface area (Å²) in [6, 6.07) is 44.0. The highest BCUT2D eigenvalue weighted by atomic mass is 16.3. The fraction of sp³-hybridized carbons (Fsp3) is 0. The van der Waals surface area contributed by atoms with Gasteiger partial charge in [0.1, 0.15) is 24.1 Å². The summed E-state index contributed by atoms with van der Waals surface area (Å²) in [6.45, 7) is 0. The van der Waals surface area contributed by atoms with Gasteiger partial charge in [-0.2, -0.15) is 5.10 Å². The van der Waals surface area contributed by atoms with Gasteiger partial charge in [0.05, 0.1) is 22.4 Å². The first-order chi connectivity index (χ1) is 21.8. The van der Waals surface area contributed by atoms with Crippen LogP contribution in [-0.4, -0.2) is 24.3 Å². The van der Waals surface area contributed by atoms with Gasteiger partial charge in [0.2, 0.25) is 0 Å². The van der Waals surface area contributed by atoms with Crippen LogP contribution in [0.2, 0.25) is 0 Å². The van der Waals surface area contributed by atoms with Crippen molar-refractivity contribution < 1.29 is 4.42 Å². The summed E-state index contributed by atoms with van der Waals surface area (Å²) in [6.07, 6.45) is 5.09. The Morgan fingerprint density at radius 3 is 2.30 bits per heavy atom. The van der Waals surface area contributed by atoms with E-state index in [0.717, 1.165) is 66.9 Å². The van der Waals surface area contributed by atoms with Crippen molar-refractivity contribution in [1.82, 2.24) is 24.3 Å². The van der Waals surface area contributed by atoms with E-state index in [9.17, 15) is 0 Å². The number of nitrogens with zero attached hydrogens (tertiary/aromatic N) is 6. The second kappa shape index (κ2) is 9.68. The van der Waals surface area contributed by atoms with Gasteiger partial charge in [-0.05, 0) is 60.7 Å². The third-order valence-electron chi connectivity index (χ3n) is 8.19. The summed E-state index contributed by atoms with van der Waals surface area (Å²) >= 11 is 0. The van der Waals surface area contributed by atoms with Crippen LogP contribution in [-0.2, 0) is 0 Å². The molecule has 4 heterocycles. The monoisotopic (exact) mass is 568 g/mol. The molecule has 7 nitrogen and oxygen atoms in total. The van der Waals surface area contributed by atoms with E-state index >= 15 is 0 Å². The minimum Gasteiger partial charge on any atom is -0.454 e. The van der Waals surface area contributed by atoms with E-state index in [-0.39, 0.29) is 0 Å². The number of anilines is 3. The van der Waals surface area contributed by atoms with Gasteiger partial charge < -0.3 is 9.32 Å². The highest BCUT2D eigenvalue weighted by Gasteiger charge is 2.22. The lowest BCUT2D eigenvalue weighted by Crippen LogP contribution is -2.11. The van der Waals surface area contributed by atoms with Crippen LogP contribution in [0.3, 0.4) is 0 Å². The predicted molar refractivity (Wildman–Crippen MR) is 175 cm³/mol. The van der Waals surface area contributed by atoms with Gasteiger partial charge in [0.15, 0.2) is 5.58 Å². The van der Waals surface area contributed by atoms with Crippen LogP contribution in [0.1, 0.15) is 0 Å². The van der Waals surface area contributed by atoms with Crippen molar-refractivity contribution in [1.29, 1.82) is 0 Å². The minimum absolute atomic E-state index is 0.824. The second-order valence-corrected chi connectivity index (χ2v) is 10.7. The molecule has 0 N–H and O–H groups in total. The van der Waals surface area contributed by atoms with Crippen LogP contribution >= 0.6 is 0 Å². The Balaban J connectivity index is 1.34. The van der Waals surface area contributed by atoms with Gasteiger partial charge in [0, 0.05) is 39.1 Å². The molecular weight excluding hydrogens is 544 g/mol. The average Bonchev–Trinajstić information content (AvgIpc) is 3.82. The maximum atomic E-state index is 6.55. The fourth-order valence-corrected chi connectivity index (χ4v) is 6.28. The molecule has 9 rings (SSSR count). The molecule has 208 valence electrons. The molecule has 0 unspecified atom stereocenters. The van der Waals surface area contributed by atoms with Crippen LogP contribution < -0.4 is 4.90 Å². The number of pyridine rings is 1. The van der Waals surface area contributed by atoms with Gasteiger partial charge in [-0.15, -0.1) is 0 Å². The van der Waals surface area contributed by atoms with Crippen molar-refractivity contribution in [2.24, 2.45) is 0 Å². The van der Waals surface area contributed by atoms with Crippen molar-refractivity contribution in [3.8, 4) is 11.5 Å². The predicted octanol–water partition coefficient (Wildman–Crippen LogP) is 9.13. The van der Waals surface area contributed by atoms with Crippen LogP contribution in [0.15, 0.2) is 151 Å². The molecule has 0 aliphatic carbocycles. The Labute approximate surface area is 251 Å². The zero-order valence-electron chi connectivity index (χ0n) is 23.4. The van der Waals surface area contributed by atoms with Gasteiger partial charge >= 0.3 is 0 Å². The van der Waals surface area contributed by atoms with Gasteiger partial charge in [-0.3, -0.25) is 4.57 Å². The Morgan fingerprint density at radius 2 is 1.41 bits per heavy atom. The lowest BCUT2D eigenvalue weighted by molar-refractivity contribution is 0.669. The highest BCUT2D eigenvalue weighted by Crippen LogP contribution is 2.44. The van der Waals surface area contributed by atoms with E-state index in [0.29, 0.717) is 0 Å². The Morgan fingerprint density at radius 1 is 0.614 bits per heavy atom. The summed E-state index contributed by atoms with van der Waals surface area (Å²) in [5.41, 5.74) is 7.66. The summed E-state index contributed by atoms with van der Waals surface area (Å²) in [4.78, 5) is 11.2. The smallest absolute Gasteiger partial charge is 0.159 e. The third kappa shape index (κ3) is 3.73. The first-order valence-electron chi connectivity index (χ1n) is 14.4. The van der Waals surface area contributed by atoms with Crippen LogP contribution in [0.5, 0.6) is 0 Å². The van der Waals surface area contributed by atoms with Crippen LogP contribution in [0.25, 0.3) is 55.2 Å². The summed E-state index contributed by atoms with van der Waals surface area (Å²) in [7, 11) is 0. The zero-order valence-corrected chi connectivity index (χ0v) is 23.4. The molecule has 44 heavy (non-hydrogen) atoms. The minimum atomic E-state index is 0.824. The van der Waals surface area contributed by atoms with Crippen molar-refractivity contribution in [3.63, 3.8) is 0 Å². The number of rotatable bonds is 5. The molecule has 0 fully saturated rings.